The Morgan fingerprint density at radius 3 is 2.78 bits per heavy atom. The Morgan fingerprint density at radius 1 is 1.17 bits per heavy atom. The maximum atomic E-state index is 14.9. The molecule has 1 aliphatic rings. The van der Waals surface area contributed by atoms with Crippen LogP contribution in [0.3, 0.4) is 0 Å². The Balaban J connectivity index is 1.26. The zero-order valence-electron chi connectivity index (χ0n) is 22.9. The van der Waals surface area contributed by atoms with E-state index in [1.165, 1.54) is 23.5 Å². The minimum atomic E-state index is -0.595. The molecule has 13 heteroatoms. The summed E-state index contributed by atoms with van der Waals surface area (Å²) in [4.78, 5) is 35.9. The number of aromatic nitrogens is 3. The van der Waals surface area contributed by atoms with Gasteiger partial charge in [0.2, 0.25) is 0 Å². The SMILES string of the molecule is CCNC(=O)N(CCOC)CCn1cnc(-c2cc3nccc(Oc4ccc(NC(=O)NC5CC5)cc4F)c3s2)c1. The number of amides is 4. The molecule has 3 heterocycles. The second-order valence-electron chi connectivity index (χ2n) is 9.57. The minimum absolute atomic E-state index is 0.0371. The first-order valence-corrected chi connectivity index (χ1v) is 14.2. The van der Waals surface area contributed by atoms with E-state index in [0.717, 1.165) is 28.1 Å². The highest BCUT2D eigenvalue weighted by Crippen LogP contribution is 2.39. The van der Waals surface area contributed by atoms with Gasteiger partial charge in [0.15, 0.2) is 11.6 Å². The van der Waals surface area contributed by atoms with Gasteiger partial charge >= 0.3 is 12.1 Å². The number of urea groups is 2. The van der Waals surface area contributed by atoms with E-state index in [0.29, 0.717) is 49.7 Å². The fourth-order valence-corrected chi connectivity index (χ4v) is 5.13. The second-order valence-corrected chi connectivity index (χ2v) is 10.6. The molecule has 1 fully saturated rings. The van der Waals surface area contributed by atoms with Crippen molar-refractivity contribution in [3.05, 3.63) is 54.9 Å². The third-order valence-corrected chi connectivity index (χ3v) is 7.55. The molecule has 0 unspecified atom stereocenters. The first kappa shape index (κ1) is 28.3. The van der Waals surface area contributed by atoms with Gasteiger partial charge in [-0.25, -0.2) is 19.0 Å². The summed E-state index contributed by atoms with van der Waals surface area (Å²) in [6.45, 7) is 4.45. The molecule has 41 heavy (non-hydrogen) atoms. The zero-order chi connectivity index (χ0) is 28.8. The normalized spacial score (nSPS) is 12.8. The maximum Gasteiger partial charge on any atom is 0.319 e. The number of thiophene rings is 1. The average Bonchev–Trinajstić information content (AvgIpc) is 3.44. The summed E-state index contributed by atoms with van der Waals surface area (Å²) in [5.41, 5.74) is 1.80. The Morgan fingerprint density at radius 2 is 2.02 bits per heavy atom. The number of benzene rings is 1. The first-order chi connectivity index (χ1) is 19.9. The number of ether oxygens (including phenoxy) is 2. The van der Waals surface area contributed by atoms with E-state index < -0.39 is 5.82 Å². The molecule has 3 N–H and O–H groups in total. The fourth-order valence-electron chi connectivity index (χ4n) is 4.11. The molecule has 0 saturated heterocycles. The molecule has 4 aromatic rings. The number of nitrogens with one attached hydrogen (secondary N) is 3. The molecule has 0 spiro atoms. The van der Waals surface area contributed by atoms with Crippen molar-refractivity contribution in [2.75, 3.05) is 38.7 Å². The van der Waals surface area contributed by atoms with Crippen LogP contribution in [0.15, 0.2) is 49.1 Å². The first-order valence-electron chi connectivity index (χ1n) is 13.4. The third kappa shape index (κ3) is 7.30. The lowest BCUT2D eigenvalue weighted by Gasteiger charge is -2.22. The van der Waals surface area contributed by atoms with Crippen LogP contribution in [0.2, 0.25) is 0 Å². The van der Waals surface area contributed by atoms with E-state index >= 15 is 0 Å². The van der Waals surface area contributed by atoms with Crippen LogP contribution in [0.4, 0.5) is 19.7 Å². The monoisotopic (exact) mass is 581 g/mol. The molecular formula is C28H32FN7O4S. The summed E-state index contributed by atoms with van der Waals surface area (Å²) in [7, 11) is 1.61. The van der Waals surface area contributed by atoms with Crippen molar-refractivity contribution in [2.24, 2.45) is 0 Å². The number of hydrogen-bond acceptors (Lipinski definition) is 7. The highest BCUT2D eigenvalue weighted by atomic mass is 32.1. The van der Waals surface area contributed by atoms with Crippen molar-refractivity contribution in [3.8, 4) is 22.1 Å². The lowest BCUT2D eigenvalue weighted by molar-refractivity contribution is 0.147. The Bertz CT molecular complexity index is 1520. The van der Waals surface area contributed by atoms with E-state index in [2.05, 4.69) is 25.9 Å². The van der Waals surface area contributed by atoms with Crippen molar-refractivity contribution in [1.29, 1.82) is 0 Å². The number of halogens is 1. The predicted octanol–water partition coefficient (Wildman–Crippen LogP) is 5.05. The van der Waals surface area contributed by atoms with Gasteiger partial charge in [-0.2, -0.15) is 0 Å². The van der Waals surface area contributed by atoms with Crippen molar-refractivity contribution in [1.82, 2.24) is 30.1 Å². The Hall–Kier alpha value is -4.23. The number of carbonyl (C=O) groups excluding carboxylic acids is 2. The van der Waals surface area contributed by atoms with Crippen molar-refractivity contribution >= 4 is 39.3 Å². The van der Waals surface area contributed by atoms with E-state index in [1.54, 1.807) is 36.7 Å². The third-order valence-electron chi connectivity index (χ3n) is 6.39. The zero-order valence-corrected chi connectivity index (χ0v) is 23.7. The Kier molecular flexibility index (Phi) is 8.95. The van der Waals surface area contributed by atoms with E-state index in [4.69, 9.17) is 9.47 Å². The van der Waals surface area contributed by atoms with Gasteiger partial charge in [-0.1, -0.05) is 0 Å². The fraction of sp³-hybridized carbons (Fsp3) is 0.357. The molecule has 11 nitrogen and oxygen atoms in total. The number of nitrogens with zero attached hydrogens (tertiary/aromatic N) is 4. The van der Waals surface area contributed by atoms with Crippen LogP contribution in [0.1, 0.15) is 19.8 Å². The van der Waals surface area contributed by atoms with Crippen LogP contribution < -0.4 is 20.7 Å². The maximum absolute atomic E-state index is 14.9. The minimum Gasteiger partial charge on any atom is -0.453 e. The predicted molar refractivity (Wildman–Crippen MR) is 155 cm³/mol. The number of anilines is 1. The van der Waals surface area contributed by atoms with Gasteiger partial charge in [-0.3, -0.25) is 4.98 Å². The van der Waals surface area contributed by atoms with Crippen LogP contribution in [0.5, 0.6) is 11.5 Å². The van der Waals surface area contributed by atoms with Gasteiger partial charge in [-0.05, 0) is 38.0 Å². The lowest BCUT2D eigenvalue weighted by Crippen LogP contribution is -2.43. The summed E-state index contributed by atoms with van der Waals surface area (Å²) in [5, 5.41) is 8.27. The number of methoxy groups -OCH3 is 1. The van der Waals surface area contributed by atoms with Crippen molar-refractivity contribution in [3.63, 3.8) is 0 Å². The topological polar surface area (TPSA) is 123 Å². The molecule has 1 saturated carbocycles. The molecule has 1 aliphatic carbocycles. The van der Waals surface area contributed by atoms with Gasteiger partial charge in [-0.15, -0.1) is 11.3 Å². The number of hydrogen-bond donors (Lipinski definition) is 3. The van der Waals surface area contributed by atoms with Crippen LogP contribution in [0.25, 0.3) is 20.8 Å². The molecule has 216 valence electrons. The van der Waals surface area contributed by atoms with Crippen LogP contribution in [0, 0.1) is 5.82 Å². The highest BCUT2D eigenvalue weighted by Gasteiger charge is 2.23. The largest absolute Gasteiger partial charge is 0.453 e. The Labute approximate surface area is 240 Å². The van der Waals surface area contributed by atoms with Crippen LogP contribution in [-0.4, -0.2) is 70.9 Å². The van der Waals surface area contributed by atoms with E-state index in [9.17, 15) is 14.0 Å². The van der Waals surface area contributed by atoms with Crippen molar-refractivity contribution < 1.29 is 23.5 Å². The summed E-state index contributed by atoms with van der Waals surface area (Å²) in [5.74, 6) is -0.0932. The highest BCUT2D eigenvalue weighted by molar-refractivity contribution is 7.22. The van der Waals surface area contributed by atoms with Gasteiger partial charge in [0.05, 0.1) is 33.7 Å². The number of imidazole rings is 1. The molecule has 3 aromatic heterocycles. The molecule has 1 aromatic carbocycles. The molecule has 0 atom stereocenters. The van der Waals surface area contributed by atoms with Gasteiger partial charge in [0, 0.05) is 69.5 Å². The van der Waals surface area contributed by atoms with Gasteiger partial charge in [0.25, 0.3) is 0 Å². The molecular weight excluding hydrogens is 549 g/mol. The van der Waals surface area contributed by atoms with Crippen LogP contribution in [-0.2, 0) is 11.3 Å². The number of carbonyl (C=O) groups is 2. The molecule has 0 aliphatic heterocycles. The van der Waals surface area contributed by atoms with Crippen LogP contribution >= 0.6 is 11.3 Å². The average molecular weight is 582 g/mol. The summed E-state index contributed by atoms with van der Waals surface area (Å²) < 4.78 is 28.6. The molecule has 0 radical (unpaired) electrons. The smallest absolute Gasteiger partial charge is 0.319 e. The van der Waals surface area contributed by atoms with Gasteiger partial charge in [0.1, 0.15) is 5.75 Å². The number of pyridine rings is 1. The standard InChI is InChI=1S/C28H32FN7O4S/c1-3-30-28(38)36(12-13-39-2)11-10-35-16-22(32-17-35)25-15-21-26(41-25)24(8-9-31-21)40-23-7-6-19(14-20(23)29)34-27(37)33-18-4-5-18/h6-9,14-18H,3-5,10-13H2,1-2H3,(H,30,38)(H2,33,34,37). The summed E-state index contributed by atoms with van der Waals surface area (Å²) >= 11 is 1.44. The van der Waals surface area contributed by atoms with E-state index in [1.807, 2.05) is 23.8 Å². The summed E-state index contributed by atoms with van der Waals surface area (Å²) in [6, 6.07) is 7.64. The molecule has 5 rings (SSSR count). The quantitative estimate of drug-likeness (QED) is 0.215. The van der Waals surface area contributed by atoms with Gasteiger partial charge < -0.3 is 34.9 Å². The second kappa shape index (κ2) is 13.0. The lowest BCUT2D eigenvalue weighted by atomic mass is 10.3. The molecule has 4 amide bonds. The summed E-state index contributed by atoms with van der Waals surface area (Å²) in [6.07, 6.45) is 7.19. The molecule has 0 bridgehead atoms. The number of fused-ring (bicyclic) bond motifs is 1. The number of rotatable bonds is 12. The van der Waals surface area contributed by atoms with E-state index in [-0.39, 0.29) is 23.9 Å². The van der Waals surface area contributed by atoms with Crippen molar-refractivity contribution in [2.45, 2.75) is 32.4 Å².